The van der Waals surface area contributed by atoms with Gasteiger partial charge in [0, 0.05) is 26.1 Å². The van der Waals surface area contributed by atoms with Gasteiger partial charge in [0.1, 0.15) is 0 Å². The topological polar surface area (TPSA) is 58.4 Å². The maximum absolute atomic E-state index is 11.4. The Morgan fingerprint density at radius 3 is 2.82 bits per heavy atom. The van der Waals surface area contributed by atoms with Crippen LogP contribution >= 0.6 is 0 Å². The van der Waals surface area contributed by atoms with Crippen LogP contribution in [-0.4, -0.2) is 44.0 Å². The lowest BCUT2D eigenvalue weighted by Gasteiger charge is -2.40. The number of hydrogen-bond acceptors (Lipinski definition) is 3. The summed E-state index contributed by atoms with van der Waals surface area (Å²) in [5.74, 6) is 0.740. The summed E-state index contributed by atoms with van der Waals surface area (Å²) in [7, 11) is 2.18. The molecule has 1 atom stereocenters. The lowest BCUT2D eigenvalue weighted by atomic mass is 9.74. The van der Waals surface area contributed by atoms with Crippen LogP contribution in [0.5, 0.6) is 0 Å². The van der Waals surface area contributed by atoms with E-state index in [1.54, 1.807) is 0 Å². The van der Waals surface area contributed by atoms with Crippen molar-refractivity contribution in [1.82, 2.24) is 10.2 Å². The van der Waals surface area contributed by atoms with Crippen molar-refractivity contribution in [3.8, 4) is 0 Å². The van der Waals surface area contributed by atoms with E-state index in [-0.39, 0.29) is 11.3 Å². The second kappa shape index (κ2) is 6.36. The normalized spacial score (nSPS) is 22.5. The minimum absolute atomic E-state index is 0.0738. The van der Waals surface area contributed by atoms with Crippen LogP contribution < -0.4 is 11.1 Å². The first-order valence-electron chi connectivity index (χ1n) is 6.61. The lowest BCUT2D eigenvalue weighted by molar-refractivity contribution is -0.121. The molecule has 1 amide bonds. The fourth-order valence-corrected chi connectivity index (χ4v) is 2.49. The Balaban J connectivity index is 2.41. The molecule has 0 radical (unpaired) electrons. The number of hydrogen-bond donors (Lipinski definition) is 2. The average molecular weight is 241 g/mol. The highest BCUT2D eigenvalue weighted by atomic mass is 16.1. The highest BCUT2D eigenvalue weighted by Crippen LogP contribution is 2.32. The number of piperidine rings is 1. The average Bonchev–Trinajstić information content (AvgIpc) is 2.27. The predicted octanol–water partition coefficient (Wildman–Crippen LogP) is 0.819. The molecule has 1 aliphatic heterocycles. The summed E-state index contributed by atoms with van der Waals surface area (Å²) < 4.78 is 0. The third-order valence-corrected chi connectivity index (χ3v) is 3.84. The van der Waals surface area contributed by atoms with E-state index in [2.05, 4.69) is 31.1 Å². The highest BCUT2D eigenvalue weighted by molar-refractivity contribution is 5.76. The molecule has 17 heavy (non-hydrogen) atoms. The van der Waals surface area contributed by atoms with E-state index in [0.29, 0.717) is 18.9 Å². The van der Waals surface area contributed by atoms with Gasteiger partial charge in [-0.05, 0) is 37.8 Å². The first-order chi connectivity index (χ1) is 7.95. The van der Waals surface area contributed by atoms with Gasteiger partial charge in [-0.15, -0.1) is 0 Å². The van der Waals surface area contributed by atoms with E-state index in [9.17, 15) is 4.79 Å². The Kier molecular flexibility index (Phi) is 5.40. The Bertz CT molecular complexity index is 253. The van der Waals surface area contributed by atoms with Crippen LogP contribution in [0.25, 0.3) is 0 Å². The Labute approximate surface area is 105 Å². The molecule has 1 rings (SSSR count). The largest absolute Gasteiger partial charge is 0.356 e. The molecule has 0 bridgehead atoms. The molecule has 100 valence electrons. The number of carbonyl (C=O) groups excluding carboxylic acids is 1. The zero-order valence-electron chi connectivity index (χ0n) is 11.5. The standard InChI is InChI=1S/C13H27N3O/c1-13(2,10-15-12(17)6-7-14)11-5-4-8-16(3)9-11/h11H,4-10,14H2,1-3H3,(H,15,17). The molecule has 4 nitrogen and oxygen atoms in total. The fraction of sp³-hybridized carbons (Fsp3) is 0.923. The van der Waals surface area contributed by atoms with Crippen molar-refractivity contribution >= 4 is 5.91 Å². The molecular formula is C13H27N3O. The predicted molar refractivity (Wildman–Crippen MR) is 70.7 cm³/mol. The monoisotopic (exact) mass is 241 g/mol. The summed E-state index contributed by atoms with van der Waals surface area (Å²) in [6.07, 6.45) is 2.96. The van der Waals surface area contributed by atoms with Gasteiger partial charge in [0.15, 0.2) is 0 Å². The van der Waals surface area contributed by atoms with E-state index in [4.69, 9.17) is 5.73 Å². The van der Waals surface area contributed by atoms with Gasteiger partial charge in [0.2, 0.25) is 5.91 Å². The molecule has 0 aromatic rings. The maximum atomic E-state index is 11.4. The van der Waals surface area contributed by atoms with E-state index < -0.39 is 0 Å². The van der Waals surface area contributed by atoms with Gasteiger partial charge < -0.3 is 16.0 Å². The maximum Gasteiger partial charge on any atom is 0.221 e. The van der Waals surface area contributed by atoms with Crippen molar-refractivity contribution in [3.63, 3.8) is 0 Å². The Hall–Kier alpha value is -0.610. The number of nitrogens with two attached hydrogens (primary N) is 1. The fourth-order valence-electron chi connectivity index (χ4n) is 2.49. The number of nitrogens with zero attached hydrogens (tertiary/aromatic N) is 1. The second-order valence-corrected chi connectivity index (χ2v) is 5.91. The van der Waals surface area contributed by atoms with Gasteiger partial charge in [-0.25, -0.2) is 0 Å². The Morgan fingerprint density at radius 1 is 1.53 bits per heavy atom. The van der Waals surface area contributed by atoms with Crippen LogP contribution in [0.3, 0.4) is 0 Å². The van der Waals surface area contributed by atoms with Crippen LogP contribution in [0.2, 0.25) is 0 Å². The molecule has 4 heteroatoms. The van der Waals surface area contributed by atoms with Crippen molar-refractivity contribution in [2.45, 2.75) is 33.1 Å². The molecule has 0 aromatic carbocycles. The summed E-state index contributed by atoms with van der Waals surface area (Å²) in [5.41, 5.74) is 5.53. The molecule has 0 saturated carbocycles. The molecule has 3 N–H and O–H groups in total. The molecule has 1 saturated heterocycles. The summed E-state index contributed by atoms with van der Waals surface area (Å²) in [5, 5.41) is 3.00. The molecular weight excluding hydrogens is 214 g/mol. The van der Waals surface area contributed by atoms with Crippen LogP contribution in [0.1, 0.15) is 33.1 Å². The smallest absolute Gasteiger partial charge is 0.221 e. The minimum atomic E-state index is 0.0738. The minimum Gasteiger partial charge on any atom is -0.356 e. The first-order valence-corrected chi connectivity index (χ1v) is 6.61. The van der Waals surface area contributed by atoms with Gasteiger partial charge in [-0.3, -0.25) is 4.79 Å². The molecule has 0 aliphatic carbocycles. The molecule has 1 aliphatic rings. The first kappa shape index (κ1) is 14.5. The molecule has 0 aromatic heterocycles. The van der Waals surface area contributed by atoms with Gasteiger partial charge in [0.25, 0.3) is 0 Å². The second-order valence-electron chi connectivity index (χ2n) is 5.91. The zero-order valence-corrected chi connectivity index (χ0v) is 11.5. The SMILES string of the molecule is CN1CCCC(C(C)(C)CNC(=O)CCN)C1. The number of rotatable bonds is 5. The van der Waals surface area contributed by atoms with Crippen molar-refractivity contribution in [1.29, 1.82) is 0 Å². The molecule has 1 heterocycles. The number of amides is 1. The van der Waals surface area contributed by atoms with E-state index in [1.165, 1.54) is 19.4 Å². The van der Waals surface area contributed by atoms with Crippen LogP contribution in [0.15, 0.2) is 0 Å². The van der Waals surface area contributed by atoms with E-state index >= 15 is 0 Å². The number of likely N-dealkylation sites (tertiary alicyclic amines) is 1. The van der Waals surface area contributed by atoms with Crippen LogP contribution in [0, 0.1) is 11.3 Å². The zero-order chi connectivity index (χ0) is 12.9. The highest BCUT2D eigenvalue weighted by Gasteiger charge is 2.32. The number of carbonyl (C=O) groups is 1. The quantitative estimate of drug-likeness (QED) is 0.749. The summed E-state index contributed by atoms with van der Waals surface area (Å²) in [6, 6.07) is 0. The Morgan fingerprint density at radius 2 is 2.24 bits per heavy atom. The van der Waals surface area contributed by atoms with Crippen molar-refractivity contribution < 1.29 is 4.79 Å². The number of nitrogens with one attached hydrogen (secondary N) is 1. The summed E-state index contributed by atoms with van der Waals surface area (Å²) in [4.78, 5) is 13.8. The molecule has 1 fully saturated rings. The summed E-state index contributed by atoms with van der Waals surface area (Å²) in [6.45, 7) is 8.02. The van der Waals surface area contributed by atoms with Gasteiger partial charge in [0.05, 0.1) is 0 Å². The summed E-state index contributed by atoms with van der Waals surface area (Å²) >= 11 is 0. The van der Waals surface area contributed by atoms with Gasteiger partial charge in [-0.2, -0.15) is 0 Å². The van der Waals surface area contributed by atoms with Crippen molar-refractivity contribution in [2.24, 2.45) is 17.1 Å². The van der Waals surface area contributed by atoms with E-state index in [1.807, 2.05) is 0 Å². The lowest BCUT2D eigenvalue weighted by Crippen LogP contribution is -2.45. The van der Waals surface area contributed by atoms with Crippen LogP contribution in [0.4, 0.5) is 0 Å². The van der Waals surface area contributed by atoms with Gasteiger partial charge in [-0.1, -0.05) is 13.8 Å². The van der Waals surface area contributed by atoms with Gasteiger partial charge >= 0.3 is 0 Å². The third kappa shape index (κ3) is 4.64. The van der Waals surface area contributed by atoms with E-state index in [0.717, 1.165) is 13.1 Å². The molecule has 1 unspecified atom stereocenters. The van der Waals surface area contributed by atoms with Crippen LogP contribution in [-0.2, 0) is 4.79 Å². The third-order valence-electron chi connectivity index (χ3n) is 3.84. The molecule has 0 spiro atoms. The van der Waals surface area contributed by atoms with Crippen molar-refractivity contribution in [2.75, 3.05) is 33.2 Å². The van der Waals surface area contributed by atoms with Crippen molar-refractivity contribution in [3.05, 3.63) is 0 Å².